The smallest absolute Gasteiger partial charge is 0.312 e. The van der Waals surface area contributed by atoms with Crippen molar-refractivity contribution in [1.29, 1.82) is 0 Å². The number of hydrogen-bond acceptors (Lipinski definition) is 3. The molecule has 2 rings (SSSR count). The van der Waals surface area contributed by atoms with Gasteiger partial charge >= 0.3 is 11.8 Å². The van der Waals surface area contributed by atoms with Gasteiger partial charge in [0.05, 0.1) is 19.3 Å². The van der Waals surface area contributed by atoms with Crippen LogP contribution < -0.4 is 5.32 Å². The summed E-state index contributed by atoms with van der Waals surface area (Å²) in [7, 11) is 0. The molecule has 0 radical (unpaired) electrons. The molecule has 1 aliphatic rings. The fourth-order valence-corrected chi connectivity index (χ4v) is 2.55. The van der Waals surface area contributed by atoms with Crippen LogP contribution in [0.3, 0.4) is 0 Å². The molecule has 22 heavy (non-hydrogen) atoms. The first-order valence-electron chi connectivity index (χ1n) is 7.62. The van der Waals surface area contributed by atoms with E-state index in [4.69, 9.17) is 4.74 Å². The van der Waals surface area contributed by atoms with Gasteiger partial charge in [-0.25, -0.2) is 0 Å². The number of rotatable bonds is 2. The molecule has 1 aromatic rings. The number of nitrogens with zero attached hydrogens (tertiary/aromatic N) is 1. The largest absolute Gasteiger partial charge is 0.378 e. The van der Waals surface area contributed by atoms with Gasteiger partial charge in [0.15, 0.2) is 0 Å². The molecule has 0 aliphatic carbocycles. The van der Waals surface area contributed by atoms with Crippen LogP contribution >= 0.6 is 0 Å². The van der Waals surface area contributed by atoms with E-state index in [0.717, 1.165) is 5.56 Å². The minimum absolute atomic E-state index is 0.192. The summed E-state index contributed by atoms with van der Waals surface area (Å²) in [6.45, 7) is 8.05. The number of carbonyl (C=O) groups excluding carboxylic acids is 2. The molecule has 1 heterocycles. The molecule has 1 saturated heterocycles. The SMILES string of the molecule is CC(C)(C)[C@H](NC(=O)C(=O)N1CCOCC1)c1ccccc1. The maximum Gasteiger partial charge on any atom is 0.312 e. The number of benzene rings is 1. The van der Waals surface area contributed by atoms with E-state index < -0.39 is 11.8 Å². The van der Waals surface area contributed by atoms with E-state index in [0.29, 0.717) is 26.3 Å². The summed E-state index contributed by atoms with van der Waals surface area (Å²) in [6, 6.07) is 9.52. The van der Waals surface area contributed by atoms with E-state index in [1.165, 1.54) is 0 Å². The zero-order valence-corrected chi connectivity index (χ0v) is 13.5. The Morgan fingerprint density at radius 1 is 1.14 bits per heavy atom. The van der Waals surface area contributed by atoms with Gasteiger partial charge in [0.1, 0.15) is 0 Å². The average Bonchev–Trinajstić information content (AvgIpc) is 2.52. The van der Waals surface area contributed by atoms with Crippen molar-refractivity contribution in [1.82, 2.24) is 10.2 Å². The van der Waals surface area contributed by atoms with E-state index in [1.54, 1.807) is 4.90 Å². The Hall–Kier alpha value is -1.88. The molecule has 0 saturated carbocycles. The average molecular weight is 304 g/mol. The molecule has 1 aromatic carbocycles. The summed E-state index contributed by atoms with van der Waals surface area (Å²) in [5.41, 5.74) is 0.806. The number of amides is 2. The van der Waals surface area contributed by atoms with Crippen molar-refractivity contribution in [2.45, 2.75) is 26.8 Å². The lowest BCUT2D eigenvalue weighted by molar-refractivity contribution is -0.149. The molecule has 0 bridgehead atoms. The second kappa shape index (κ2) is 6.92. The second-order valence-electron chi connectivity index (χ2n) is 6.59. The van der Waals surface area contributed by atoms with Gasteiger partial charge in [0, 0.05) is 13.1 Å². The first-order valence-corrected chi connectivity index (χ1v) is 7.62. The quantitative estimate of drug-likeness (QED) is 0.847. The van der Waals surface area contributed by atoms with Crippen LogP contribution in [-0.4, -0.2) is 43.0 Å². The fourth-order valence-electron chi connectivity index (χ4n) is 2.55. The lowest BCUT2D eigenvalue weighted by atomic mass is 9.82. The number of nitrogens with one attached hydrogen (secondary N) is 1. The Morgan fingerprint density at radius 2 is 1.73 bits per heavy atom. The zero-order chi connectivity index (χ0) is 16.2. The van der Waals surface area contributed by atoms with Crippen LogP contribution in [0, 0.1) is 5.41 Å². The molecular weight excluding hydrogens is 280 g/mol. The van der Waals surface area contributed by atoms with Crippen molar-refractivity contribution in [2.24, 2.45) is 5.41 Å². The maximum atomic E-state index is 12.3. The lowest BCUT2D eigenvalue weighted by Crippen LogP contribution is -2.49. The summed E-state index contributed by atoms with van der Waals surface area (Å²) in [4.78, 5) is 26.1. The fraction of sp³-hybridized carbons (Fsp3) is 0.529. The molecule has 2 amide bonds. The minimum Gasteiger partial charge on any atom is -0.378 e. The van der Waals surface area contributed by atoms with Crippen molar-refractivity contribution in [3.8, 4) is 0 Å². The van der Waals surface area contributed by atoms with E-state index >= 15 is 0 Å². The van der Waals surface area contributed by atoms with E-state index in [-0.39, 0.29) is 11.5 Å². The monoisotopic (exact) mass is 304 g/mol. The highest BCUT2D eigenvalue weighted by molar-refractivity contribution is 6.35. The molecule has 0 aromatic heterocycles. The van der Waals surface area contributed by atoms with E-state index in [9.17, 15) is 9.59 Å². The molecular formula is C17H24N2O3. The standard InChI is InChI=1S/C17H24N2O3/c1-17(2,3)14(13-7-5-4-6-8-13)18-15(20)16(21)19-9-11-22-12-10-19/h4-8,14H,9-12H2,1-3H3,(H,18,20)/t14-/m1/s1. The van der Waals surface area contributed by atoms with Gasteiger partial charge in [-0.15, -0.1) is 0 Å². The number of hydrogen-bond donors (Lipinski definition) is 1. The highest BCUT2D eigenvalue weighted by Crippen LogP contribution is 2.32. The lowest BCUT2D eigenvalue weighted by Gasteiger charge is -2.33. The summed E-state index contributed by atoms with van der Waals surface area (Å²) >= 11 is 0. The molecule has 0 spiro atoms. The topological polar surface area (TPSA) is 58.6 Å². The molecule has 0 unspecified atom stereocenters. The third kappa shape index (κ3) is 4.07. The van der Waals surface area contributed by atoms with Gasteiger partial charge in [0.25, 0.3) is 0 Å². The van der Waals surface area contributed by atoms with E-state index in [1.807, 2.05) is 51.1 Å². The van der Waals surface area contributed by atoms with Crippen LogP contribution in [0.25, 0.3) is 0 Å². The van der Waals surface area contributed by atoms with Crippen LogP contribution in [0.15, 0.2) is 30.3 Å². The highest BCUT2D eigenvalue weighted by atomic mass is 16.5. The van der Waals surface area contributed by atoms with Crippen molar-refractivity contribution in [3.63, 3.8) is 0 Å². The maximum absolute atomic E-state index is 12.3. The molecule has 5 nitrogen and oxygen atoms in total. The van der Waals surface area contributed by atoms with Crippen molar-refractivity contribution in [3.05, 3.63) is 35.9 Å². The van der Waals surface area contributed by atoms with Crippen LogP contribution in [-0.2, 0) is 14.3 Å². The molecule has 1 atom stereocenters. The summed E-state index contributed by atoms with van der Waals surface area (Å²) < 4.78 is 5.21. The molecule has 5 heteroatoms. The van der Waals surface area contributed by atoms with Crippen molar-refractivity contribution < 1.29 is 14.3 Å². The van der Waals surface area contributed by atoms with Gasteiger partial charge < -0.3 is 15.0 Å². The number of morpholine rings is 1. The first-order chi connectivity index (χ1) is 10.4. The molecule has 120 valence electrons. The Kier molecular flexibility index (Phi) is 5.19. The second-order valence-corrected chi connectivity index (χ2v) is 6.59. The minimum atomic E-state index is -0.550. The van der Waals surface area contributed by atoms with Crippen molar-refractivity contribution in [2.75, 3.05) is 26.3 Å². The van der Waals surface area contributed by atoms with Gasteiger partial charge in [-0.2, -0.15) is 0 Å². The number of carbonyl (C=O) groups is 2. The molecule has 1 N–H and O–H groups in total. The van der Waals surface area contributed by atoms with Gasteiger partial charge in [-0.1, -0.05) is 51.1 Å². The normalized spacial score (nSPS) is 17.0. The van der Waals surface area contributed by atoms with Crippen LogP contribution in [0.2, 0.25) is 0 Å². The Bertz CT molecular complexity index is 516. The zero-order valence-electron chi connectivity index (χ0n) is 13.5. The van der Waals surface area contributed by atoms with E-state index in [2.05, 4.69) is 5.32 Å². The van der Waals surface area contributed by atoms with Gasteiger partial charge in [0.2, 0.25) is 0 Å². The van der Waals surface area contributed by atoms with Crippen LogP contribution in [0.1, 0.15) is 32.4 Å². The third-order valence-corrected chi connectivity index (χ3v) is 3.77. The first kappa shape index (κ1) is 16.5. The Labute approximate surface area is 131 Å². The highest BCUT2D eigenvalue weighted by Gasteiger charge is 2.31. The Morgan fingerprint density at radius 3 is 2.27 bits per heavy atom. The van der Waals surface area contributed by atoms with Crippen molar-refractivity contribution >= 4 is 11.8 Å². The summed E-state index contributed by atoms with van der Waals surface area (Å²) in [6.07, 6.45) is 0. The predicted octanol–water partition coefficient (Wildman–Crippen LogP) is 1.75. The molecule has 1 fully saturated rings. The summed E-state index contributed by atoms with van der Waals surface area (Å²) in [5.74, 6) is -1.03. The number of ether oxygens (including phenoxy) is 1. The Balaban J connectivity index is 2.10. The van der Waals surface area contributed by atoms with Crippen LogP contribution in [0.4, 0.5) is 0 Å². The molecule has 1 aliphatic heterocycles. The third-order valence-electron chi connectivity index (χ3n) is 3.77. The van der Waals surface area contributed by atoms with Gasteiger partial charge in [-0.3, -0.25) is 9.59 Å². The summed E-state index contributed by atoms with van der Waals surface area (Å²) in [5, 5.41) is 2.90. The van der Waals surface area contributed by atoms with Gasteiger partial charge in [-0.05, 0) is 11.0 Å². The van der Waals surface area contributed by atoms with Crippen LogP contribution in [0.5, 0.6) is 0 Å². The predicted molar refractivity (Wildman–Crippen MR) is 84.2 cm³/mol.